The van der Waals surface area contributed by atoms with Crippen LogP contribution < -0.4 is 5.32 Å². The van der Waals surface area contributed by atoms with Crippen molar-refractivity contribution in [2.75, 3.05) is 0 Å². The molecule has 2 atom stereocenters. The first kappa shape index (κ1) is 24.1. The molecule has 0 aliphatic carbocycles. The summed E-state index contributed by atoms with van der Waals surface area (Å²) in [5.41, 5.74) is 1.83. The number of aliphatic hydroxyl groups excluding tert-OH is 1. The molecule has 1 aliphatic heterocycles. The van der Waals surface area contributed by atoms with Gasteiger partial charge >= 0.3 is 6.09 Å². The number of nitrogens with one attached hydrogen (secondary N) is 1. The summed E-state index contributed by atoms with van der Waals surface area (Å²) in [5, 5.41) is 14.2. The van der Waals surface area contributed by atoms with Crippen molar-refractivity contribution in [3.63, 3.8) is 0 Å². The molecule has 1 aromatic carbocycles. The second-order valence-corrected chi connectivity index (χ2v) is 10.3. The predicted octanol–water partition coefficient (Wildman–Crippen LogP) is 5.47. The van der Waals surface area contributed by atoms with E-state index < -0.39 is 30.1 Å². The van der Waals surface area contributed by atoms with E-state index in [4.69, 9.17) is 14.2 Å². The van der Waals surface area contributed by atoms with E-state index in [1.54, 1.807) is 0 Å². The van der Waals surface area contributed by atoms with Gasteiger partial charge in [0.2, 0.25) is 0 Å². The Morgan fingerprint density at radius 2 is 1.73 bits per heavy atom. The summed E-state index contributed by atoms with van der Waals surface area (Å²) >= 11 is 0. The van der Waals surface area contributed by atoms with Gasteiger partial charge in [-0.2, -0.15) is 0 Å². The molecule has 1 aromatic rings. The topological polar surface area (TPSA) is 77.0 Å². The Morgan fingerprint density at radius 3 is 2.23 bits per heavy atom. The molecule has 30 heavy (non-hydrogen) atoms. The van der Waals surface area contributed by atoms with Crippen LogP contribution in [-0.4, -0.2) is 22.8 Å². The van der Waals surface area contributed by atoms with Crippen molar-refractivity contribution in [2.24, 2.45) is 5.92 Å². The van der Waals surface area contributed by atoms with E-state index >= 15 is 0 Å². The Kier molecular flexibility index (Phi) is 7.45. The Bertz CT molecular complexity index is 750. The van der Waals surface area contributed by atoms with Crippen LogP contribution in [0.25, 0.3) is 0 Å². The van der Waals surface area contributed by atoms with Gasteiger partial charge in [-0.05, 0) is 55.7 Å². The fourth-order valence-corrected chi connectivity index (χ4v) is 3.35. The van der Waals surface area contributed by atoms with E-state index in [0.29, 0.717) is 12.0 Å². The molecule has 168 valence electrons. The number of benzene rings is 1. The first-order chi connectivity index (χ1) is 13.8. The Labute approximate surface area is 180 Å². The Balaban J connectivity index is 2.37. The number of hydrogen-bond donors (Lipinski definition) is 2. The highest BCUT2D eigenvalue weighted by Crippen LogP contribution is 2.36. The third-order valence-corrected chi connectivity index (χ3v) is 4.79. The third kappa shape index (κ3) is 6.66. The lowest BCUT2D eigenvalue weighted by atomic mass is 9.83. The Morgan fingerprint density at radius 1 is 1.13 bits per heavy atom. The van der Waals surface area contributed by atoms with E-state index in [9.17, 15) is 9.90 Å². The van der Waals surface area contributed by atoms with Crippen LogP contribution in [0.4, 0.5) is 4.79 Å². The van der Waals surface area contributed by atoms with Gasteiger partial charge in [0.15, 0.2) is 0 Å². The highest BCUT2D eigenvalue weighted by molar-refractivity contribution is 5.68. The number of alkyl carbamates (subject to hydrolysis) is 1. The van der Waals surface area contributed by atoms with Crippen molar-refractivity contribution in [3.05, 3.63) is 47.4 Å². The SMILES string of the molecule is CC(C)C[C@@H](NC(=O)OC(C)(C)C)[C@@H](O)c1ccc(C(C)(C)C)cc1C1OC=CO1. The maximum absolute atomic E-state index is 12.4. The van der Waals surface area contributed by atoms with Crippen LogP contribution in [-0.2, 0) is 19.6 Å². The molecule has 1 heterocycles. The average molecular weight is 420 g/mol. The smallest absolute Gasteiger partial charge is 0.407 e. The van der Waals surface area contributed by atoms with Gasteiger partial charge in [0, 0.05) is 5.56 Å². The largest absolute Gasteiger partial charge is 0.455 e. The fourth-order valence-electron chi connectivity index (χ4n) is 3.35. The first-order valence-corrected chi connectivity index (χ1v) is 10.6. The van der Waals surface area contributed by atoms with Gasteiger partial charge in [0.05, 0.1) is 12.1 Å². The summed E-state index contributed by atoms with van der Waals surface area (Å²) in [6, 6.07) is 5.39. The van der Waals surface area contributed by atoms with Crippen LogP contribution in [0.15, 0.2) is 30.7 Å². The van der Waals surface area contributed by atoms with Gasteiger partial charge in [-0.15, -0.1) is 0 Å². The molecule has 0 unspecified atom stereocenters. The number of amides is 1. The number of carbonyl (C=O) groups is 1. The predicted molar refractivity (Wildman–Crippen MR) is 117 cm³/mol. The zero-order valence-electron chi connectivity index (χ0n) is 19.5. The summed E-state index contributed by atoms with van der Waals surface area (Å²) in [7, 11) is 0. The van der Waals surface area contributed by atoms with Crippen LogP contribution >= 0.6 is 0 Å². The lowest BCUT2D eigenvalue weighted by Gasteiger charge is -2.30. The molecular weight excluding hydrogens is 382 g/mol. The average Bonchev–Trinajstić information content (AvgIpc) is 3.11. The van der Waals surface area contributed by atoms with E-state index in [1.165, 1.54) is 12.5 Å². The van der Waals surface area contributed by atoms with Crippen LogP contribution in [0.5, 0.6) is 0 Å². The van der Waals surface area contributed by atoms with E-state index in [-0.39, 0.29) is 11.3 Å². The van der Waals surface area contributed by atoms with Crippen molar-refractivity contribution >= 4 is 6.09 Å². The number of ether oxygens (including phenoxy) is 3. The summed E-state index contributed by atoms with van der Waals surface area (Å²) in [6.45, 7) is 15.9. The van der Waals surface area contributed by atoms with Crippen molar-refractivity contribution in [2.45, 2.75) is 91.3 Å². The molecule has 6 heteroatoms. The minimum absolute atomic E-state index is 0.0731. The maximum Gasteiger partial charge on any atom is 0.407 e. The standard InChI is InChI=1S/C24H37NO5/c1-15(2)13-19(25-22(27)30-24(6,7)8)20(26)17-10-9-16(23(3,4)5)14-18(17)21-28-11-12-29-21/h9-12,14-15,19-21,26H,13H2,1-8H3,(H,25,27)/t19-,20+/m1/s1. The third-order valence-electron chi connectivity index (χ3n) is 4.79. The number of aliphatic hydroxyl groups is 1. The van der Waals surface area contributed by atoms with Crippen LogP contribution in [0.3, 0.4) is 0 Å². The van der Waals surface area contributed by atoms with Gasteiger partial charge < -0.3 is 24.6 Å². The summed E-state index contributed by atoms with van der Waals surface area (Å²) < 4.78 is 16.6. The monoisotopic (exact) mass is 419 g/mol. The van der Waals surface area contributed by atoms with Crippen molar-refractivity contribution in [3.8, 4) is 0 Å². The molecule has 0 bridgehead atoms. The zero-order valence-corrected chi connectivity index (χ0v) is 19.5. The molecular formula is C24H37NO5. The van der Waals surface area contributed by atoms with Crippen LogP contribution in [0.1, 0.15) is 90.9 Å². The molecule has 0 radical (unpaired) electrons. The zero-order chi connectivity index (χ0) is 22.7. The maximum atomic E-state index is 12.4. The number of carbonyl (C=O) groups excluding carboxylic acids is 1. The van der Waals surface area contributed by atoms with Gasteiger partial charge in [-0.25, -0.2) is 4.79 Å². The summed E-state index contributed by atoms with van der Waals surface area (Å²) in [6.07, 6.45) is 1.46. The summed E-state index contributed by atoms with van der Waals surface area (Å²) in [4.78, 5) is 12.4. The molecule has 1 amide bonds. The van der Waals surface area contributed by atoms with Crippen molar-refractivity contribution in [1.29, 1.82) is 0 Å². The lowest BCUT2D eigenvalue weighted by Crippen LogP contribution is -2.43. The highest BCUT2D eigenvalue weighted by atomic mass is 16.7. The number of rotatable bonds is 6. The molecule has 0 saturated heterocycles. The van der Waals surface area contributed by atoms with Crippen LogP contribution in [0, 0.1) is 5.92 Å². The minimum Gasteiger partial charge on any atom is -0.455 e. The molecule has 6 nitrogen and oxygen atoms in total. The molecule has 0 spiro atoms. The van der Waals surface area contributed by atoms with Gasteiger partial charge in [-0.1, -0.05) is 46.8 Å². The molecule has 1 aliphatic rings. The molecule has 2 rings (SSSR count). The molecule has 2 N–H and O–H groups in total. The normalized spacial score (nSPS) is 16.7. The number of hydrogen-bond acceptors (Lipinski definition) is 5. The molecule has 0 saturated carbocycles. The van der Waals surface area contributed by atoms with Crippen molar-refractivity contribution < 1.29 is 24.1 Å². The van der Waals surface area contributed by atoms with E-state index in [1.807, 2.05) is 52.8 Å². The fraction of sp³-hybridized carbons (Fsp3) is 0.625. The summed E-state index contributed by atoms with van der Waals surface area (Å²) in [5.74, 6) is 0.262. The Hall–Kier alpha value is -2.21. The first-order valence-electron chi connectivity index (χ1n) is 10.6. The second kappa shape index (κ2) is 9.29. The molecule has 0 aromatic heterocycles. The lowest BCUT2D eigenvalue weighted by molar-refractivity contribution is -0.0275. The molecule has 0 fully saturated rings. The van der Waals surface area contributed by atoms with Crippen molar-refractivity contribution in [1.82, 2.24) is 5.32 Å². The highest BCUT2D eigenvalue weighted by Gasteiger charge is 2.31. The second-order valence-electron chi connectivity index (χ2n) is 10.3. The minimum atomic E-state index is -0.947. The quantitative estimate of drug-likeness (QED) is 0.639. The van der Waals surface area contributed by atoms with Crippen LogP contribution in [0.2, 0.25) is 0 Å². The van der Waals surface area contributed by atoms with E-state index in [0.717, 1.165) is 11.1 Å². The van der Waals surface area contributed by atoms with Gasteiger partial charge in [0.25, 0.3) is 6.29 Å². The van der Waals surface area contributed by atoms with E-state index in [2.05, 4.69) is 26.1 Å². The van der Waals surface area contributed by atoms with Gasteiger partial charge in [-0.3, -0.25) is 0 Å². The van der Waals surface area contributed by atoms with Gasteiger partial charge in [0.1, 0.15) is 18.1 Å².